The number of carbonyl (C=O) groups is 5. The van der Waals surface area contributed by atoms with E-state index in [1.54, 1.807) is 0 Å². The Morgan fingerprint density at radius 1 is 1.21 bits per heavy atom. The summed E-state index contributed by atoms with van der Waals surface area (Å²) in [7, 11) is 0. The monoisotopic (exact) mass is 269 g/mol. The molecule has 0 saturated heterocycles. The van der Waals surface area contributed by atoms with Gasteiger partial charge < -0.3 is 16.6 Å². The van der Waals surface area contributed by atoms with Gasteiger partial charge in [-0.2, -0.15) is 0 Å². The van der Waals surface area contributed by atoms with Crippen LogP contribution in [-0.4, -0.2) is 51.6 Å². The van der Waals surface area contributed by atoms with Gasteiger partial charge in [0.05, 0.1) is 13.0 Å². The SMILES string of the molecule is NC(=O)C[C@@](N)(C(=O)O)C(=O)CN1C(=O)C=CC1=O. The third-order valence-corrected chi connectivity index (χ3v) is 2.53. The highest BCUT2D eigenvalue weighted by Gasteiger charge is 2.45. The van der Waals surface area contributed by atoms with E-state index in [4.69, 9.17) is 16.6 Å². The van der Waals surface area contributed by atoms with E-state index in [2.05, 4.69) is 0 Å². The van der Waals surface area contributed by atoms with E-state index in [0.717, 1.165) is 12.2 Å². The zero-order chi connectivity index (χ0) is 14.8. The third kappa shape index (κ3) is 2.83. The Morgan fingerprint density at radius 3 is 2.05 bits per heavy atom. The smallest absolute Gasteiger partial charge is 0.332 e. The Balaban J connectivity index is 2.90. The second-order valence-electron chi connectivity index (χ2n) is 3.94. The van der Waals surface area contributed by atoms with Gasteiger partial charge in [0.25, 0.3) is 11.8 Å². The lowest BCUT2D eigenvalue weighted by atomic mass is 9.90. The number of Topliss-reactive ketones (excluding diaryl/α,β-unsaturated/α-hetero) is 1. The summed E-state index contributed by atoms with van der Waals surface area (Å²) in [6.45, 7) is -0.833. The second kappa shape index (κ2) is 4.98. The van der Waals surface area contributed by atoms with Crippen LogP contribution in [0.4, 0.5) is 0 Å². The molecular weight excluding hydrogens is 258 g/mol. The van der Waals surface area contributed by atoms with E-state index in [1.165, 1.54) is 0 Å². The maximum atomic E-state index is 11.8. The Labute approximate surface area is 106 Å². The van der Waals surface area contributed by atoms with Crippen LogP contribution in [0.1, 0.15) is 6.42 Å². The van der Waals surface area contributed by atoms with Gasteiger partial charge in [-0.15, -0.1) is 0 Å². The number of primary amides is 1. The second-order valence-corrected chi connectivity index (χ2v) is 3.94. The maximum absolute atomic E-state index is 11.8. The van der Waals surface area contributed by atoms with Gasteiger partial charge in [0, 0.05) is 12.2 Å². The molecule has 102 valence electrons. The number of rotatable bonds is 6. The molecule has 0 radical (unpaired) electrons. The van der Waals surface area contributed by atoms with Crippen molar-refractivity contribution in [2.75, 3.05) is 6.54 Å². The number of aliphatic carboxylic acids is 1. The molecule has 0 aromatic rings. The van der Waals surface area contributed by atoms with Crippen molar-refractivity contribution >= 4 is 29.5 Å². The lowest BCUT2D eigenvalue weighted by molar-refractivity contribution is -0.153. The summed E-state index contributed by atoms with van der Waals surface area (Å²) in [5.74, 6) is -5.53. The molecule has 0 bridgehead atoms. The zero-order valence-corrected chi connectivity index (χ0v) is 9.66. The molecule has 19 heavy (non-hydrogen) atoms. The number of ketones is 1. The van der Waals surface area contributed by atoms with Crippen LogP contribution in [0.5, 0.6) is 0 Å². The molecule has 5 N–H and O–H groups in total. The summed E-state index contributed by atoms with van der Waals surface area (Å²) in [6.07, 6.45) is 0.941. The van der Waals surface area contributed by atoms with Gasteiger partial charge in [0.2, 0.25) is 5.91 Å². The number of amides is 3. The van der Waals surface area contributed by atoms with Crippen LogP contribution in [0.3, 0.4) is 0 Å². The van der Waals surface area contributed by atoms with Crippen LogP contribution >= 0.6 is 0 Å². The van der Waals surface area contributed by atoms with Crippen LogP contribution < -0.4 is 11.5 Å². The van der Waals surface area contributed by atoms with Crippen molar-refractivity contribution in [3.05, 3.63) is 12.2 Å². The highest BCUT2D eigenvalue weighted by atomic mass is 16.4. The van der Waals surface area contributed by atoms with E-state index >= 15 is 0 Å². The highest BCUT2D eigenvalue weighted by molar-refractivity contribution is 6.17. The minimum absolute atomic E-state index is 0.522. The molecule has 1 heterocycles. The number of carboxylic acid groups (broad SMARTS) is 1. The molecule has 9 nitrogen and oxygen atoms in total. The van der Waals surface area contributed by atoms with E-state index in [0.29, 0.717) is 4.90 Å². The van der Waals surface area contributed by atoms with E-state index in [9.17, 15) is 24.0 Å². The molecule has 0 fully saturated rings. The first-order valence-electron chi connectivity index (χ1n) is 5.06. The Hall–Kier alpha value is -2.55. The third-order valence-electron chi connectivity index (χ3n) is 2.53. The number of carbonyl (C=O) groups excluding carboxylic acids is 4. The first-order chi connectivity index (χ1) is 8.68. The van der Waals surface area contributed by atoms with Crippen molar-refractivity contribution in [2.45, 2.75) is 12.0 Å². The van der Waals surface area contributed by atoms with Crippen molar-refractivity contribution < 1.29 is 29.1 Å². The van der Waals surface area contributed by atoms with Crippen LogP contribution in [0.25, 0.3) is 0 Å². The topological polar surface area (TPSA) is 161 Å². The number of nitrogens with zero attached hydrogens (tertiary/aromatic N) is 1. The molecule has 1 atom stereocenters. The van der Waals surface area contributed by atoms with Crippen molar-refractivity contribution in [2.24, 2.45) is 11.5 Å². The van der Waals surface area contributed by atoms with Gasteiger partial charge >= 0.3 is 5.97 Å². The van der Waals surface area contributed by atoms with Crippen molar-refractivity contribution in [3.8, 4) is 0 Å². The van der Waals surface area contributed by atoms with E-state index in [1.807, 2.05) is 0 Å². The van der Waals surface area contributed by atoms with Gasteiger partial charge in [-0.3, -0.25) is 24.1 Å². The number of carboxylic acids is 1. The number of imide groups is 1. The van der Waals surface area contributed by atoms with Crippen molar-refractivity contribution in [1.29, 1.82) is 0 Å². The molecule has 9 heteroatoms. The first-order valence-corrected chi connectivity index (χ1v) is 5.06. The molecule has 0 aliphatic carbocycles. The van der Waals surface area contributed by atoms with Crippen LogP contribution in [-0.2, 0) is 24.0 Å². The molecule has 0 saturated carbocycles. The van der Waals surface area contributed by atoms with E-state index < -0.39 is 48.0 Å². The molecule has 0 unspecified atom stereocenters. The lowest BCUT2D eigenvalue weighted by Crippen LogP contribution is -2.60. The fraction of sp³-hybridized carbons (Fsp3) is 0.300. The molecule has 0 aromatic carbocycles. The fourth-order valence-corrected chi connectivity index (χ4v) is 1.44. The fourth-order valence-electron chi connectivity index (χ4n) is 1.44. The quantitative estimate of drug-likeness (QED) is 0.345. The van der Waals surface area contributed by atoms with Crippen LogP contribution in [0.2, 0.25) is 0 Å². The number of nitrogens with two attached hydrogens (primary N) is 2. The highest BCUT2D eigenvalue weighted by Crippen LogP contribution is 2.12. The predicted molar refractivity (Wildman–Crippen MR) is 59.2 cm³/mol. The average Bonchev–Trinajstić information content (AvgIpc) is 2.59. The van der Waals surface area contributed by atoms with Gasteiger partial charge in [-0.25, -0.2) is 4.79 Å². The molecule has 1 rings (SSSR count). The standard InChI is InChI=1S/C10H11N3O6/c11-6(15)3-10(12,9(18)19)5(14)4-13-7(16)1-2-8(13)17/h1-2H,3-4,12H2,(H2,11,15)(H,18,19)/t10-/m0/s1. The largest absolute Gasteiger partial charge is 0.480 e. The van der Waals surface area contributed by atoms with Crippen molar-refractivity contribution in [3.63, 3.8) is 0 Å². The minimum Gasteiger partial charge on any atom is -0.480 e. The summed E-state index contributed by atoms with van der Waals surface area (Å²) in [6, 6.07) is 0. The summed E-state index contributed by atoms with van der Waals surface area (Å²) in [5, 5.41) is 8.90. The summed E-state index contributed by atoms with van der Waals surface area (Å²) >= 11 is 0. The normalized spacial score (nSPS) is 17.4. The van der Waals surface area contributed by atoms with Gasteiger partial charge in [-0.1, -0.05) is 0 Å². The Bertz CT molecular complexity index is 493. The maximum Gasteiger partial charge on any atom is 0.332 e. The summed E-state index contributed by atoms with van der Waals surface area (Å²) in [4.78, 5) is 56.5. The molecule has 1 aliphatic heterocycles. The summed E-state index contributed by atoms with van der Waals surface area (Å²) in [5.41, 5.74) is 7.60. The Morgan fingerprint density at radius 2 is 1.68 bits per heavy atom. The molecule has 3 amide bonds. The van der Waals surface area contributed by atoms with Gasteiger partial charge in [0.15, 0.2) is 11.3 Å². The molecular formula is C10H11N3O6. The molecule has 0 aromatic heterocycles. The molecule has 0 spiro atoms. The number of hydrogen-bond acceptors (Lipinski definition) is 6. The average molecular weight is 269 g/mol. The lowest BCUT2D eigenvalue weighted by Gasteiger charge is -2.23. The number of hydrogen-bond donors (Lipinski definition) is 3. The predicted octanol–water partition coefficient (Wildman–Crippen LogP) is -2.86. The van der Waals surface area contributed by atoms with Crippen LogP contribution in [0, 0.1) is 0 Å². The first kappa shape index (κ1) is 14.5. The summed E-state index contributed by atoms with van der Waals surface area (Å²) < 4.78 is 0. The molecule has 1 aliphatic rings. The van der Waals surface area contributed by atoms with Crippen LogP contribution in [0.15, 0.2) is 12.2 Å². The zero-order valence-electron chi connectivity index (χ0n) is 9.66. The van der Waals surface area contributed by atoms with Gasteiger partial charge in [0.1, 0.15) is 0 Å². The van der Waals surface area contributed by atoms with Gasteiger partial charge in [-0.05, 0) is 0 Å². The Kier molecular flexibility index (Phi) is 3.80. The van der Waals surface area contributed by atoms with Crippen molar-refractivity contribution in [1.82, 2.24) is 4.90 Å². The van der Waals surface area contributed by atoms with E-state index in [-0.39, 0.29) is 0 Å². The minimum atomic E-state index is -2.56.